The maximum Gasteiger partial charge on any atom is 0.323 e. The molecule has 0 radical (unpaired) electrons. The molecule has 0 saturated heterocycles. The van der Waals surface area contributed by atoms with Crippen molar-refractivity contribution in [2.45, 2.75) is 31.3 Å². The third kappa shape index (κ3) is 5.37. The lowest BCUT2D eigenvalue weighted by atomic mass is 10.4. The Balaban J connectivity index is 1.97. The third-order valence-corrected chi connectivity index (χ3v) is 3.30. The van der Waals surface area contributed by atoms with E-state index in [0.29, 0.717) is 24.0 Å². The molecule has 1 aliphatic rings. The van der Waals surface area contributed by atoms with E-state index in [-0.39, 0.29) is 5.91 Å². The van der Waals surface area contributed by atoms with Gasteiger partial charge in [-0.1, -0.05) is 0 Å². The molecule has 92 valence electrons. The Hall–Kier alpha value is -0.750. The molecular formula is C10H18N2O3S. The van der Waals surface area contributed by atoms with Gasteiger partial charge >= 0.3 is 5.97 Å². The molecular weight excluding hydrogens is 228 g/mol. The molecule has 6 heteroatoms. The summed E-state index contributed by atoms with van der Waals surface area (Å²) in [6.07, 6.45) is 2.69. The van der Waals surface area contributed by atoms with Crippen LogP contribution >= 0.6 is 11.8 Å². The molecule has 0 spiro atoms. The van der Waals surface area contributed by atoms with Crippen molar-refractivity contribution in [1.82, 2.24) is 5.32 Å². The first-order valence-electron chi connectivity index (χ1n) is 5.34. The van der Waals surface area contributed by atoms with E-state index in [1.165, 1.54) is 18.9 Å². The number of rotatable bonds is 7. The normalized spacial score (nSPS) is 16.6. The van der Waals surface area contributed by atoms with Crippen molar-refractivity contribution in [3.8, 4) is 0 Å². The number of ether oxygens (including phenoxy) is 1. The first-order valence-corrected chi connectivity index (χ1v) is 6.49. The number of hydrogen-bond donors (Lipinski definition) is 2. The van der Waals surface area contributed by atoms with Crippen LogP contribution in [0.3, 0.4) is 0 Å². The van der Waals surface area contributed by atoms with Gasteiger partial charge < -0.3 is 15.8 Å². The van der Waals surface area contributed by atoms with Gasteiger partial charge in [0.25, 0.3) is 0 Å². The second-order valence-electron chi connectivity index (χ2n) is 3.80. The smallest absolute Gasteiger partial charge is 0.323 e. The van der Waals surface area contributed by atoms with Gasteiger partial charge in [0.1, 0.15) is 6.04 Å². The van der Waals surface area contributed by atoms with E-state index in [0.717, 1.165) is 12.8 Å². The summed E-state index contributed by atoms with van der Waals surface area (Å²) >= 11 is 1.49. The Morgan fingerprint density at radius 3 is 2.81 bits per heavy atom. The molecule has 1 aliphatic carbocycles. The summed E-state index contributed by atoms with van der Waals surface area (Å²) in [5.74, 6) is 0.851. The topological polar surface area (TPSA) is 81.4 Å². The SMILES string of the molecule is COC(=O)C(N)CSCCC(=O)NC1CC1. The van der Waals surface area contributed by atoms with Gasteiger partial charge in [0.05, 0.1) is 7.11 Å². The minimum Gasteiger partial charge on any atom is -0.468 e. The van der Waals surface area contributed by atoms with Crippen LogP contribution in [0.4, 0.5) is 0 Å². The lowest BCUT2D eigenvalue weighted by Gasteiger charge is -2.08. The average molecular weight is 246 g/mol. The molecule has 5 nitrogen and oxygen atoms in total. The van der Waals surface area contributed by atoms with Crippen LogP contribution in [-0.4, -0.2) is 42.6 Å². The van der Waals surface area contributed by atoms with Crippen LogP contribution in [0.1, 0.15) is 19.3 Å². The average Bonchev–Trinajstić information content (AvgIpc) is 3.06. The first kappa shape index (κ1) is 13.3. The van der Waals surface area contributed by atoms with Crippen molar-refractivity contribution in [2.75, 3.05) is 18.6 Å². The summed E-state index contributed by atoms with van der Waals surface area (Å²) in [5.41, 5.74) is 5.54. The molecule has 0 bridgehead atoms. The highest BCUT2D eigenvalue weighted by molar-refractivity contribution is 7.99. The predicted octanol–water partition coefficient (Wildman–Crippen LogP) is -0.111. The molecule has 1 fully saturated rings. The number of thioether (sulfide) groups is 1. The van der Waals surface area contributed by atoms with Gasteiger partial charge in [-0.15, -0.1) is 0 Å². The van der Waals surface area contributed by atoms with Crippen LogP contribution in [-0.2, 0) is 14.3 Å². The van der Waals surface area contributed by atoms with Gasteiger partial charge in [0.2, 0.25) is 5.91 Å². The summed E-state index contributed by atoms with van der Waals surface area (Å²) in [4.78, 5) is 22.2. The zero-order chi connectivity index (χ0) is 12.0. The van der Waals surface area contributed by atoms with Crippen molar-refractivity contribution in [3.63, 3.8) is 0 Å². The molecule has 1 saturated carbocycles. The highest BCUT2D eigenvalue weighted by Gasteiger charge is 2.22. The van der Waals surface area contributed by atoms with E-state index in [2.05, 4.69) is 10.1 Å². The van der Waals surface area contributed by atoms with Crippen molar-refractivity contribution in [1.29, 1.82) is 0 Å². The van der Waals surface area contributed by atoms with Gasteiger partial charge in [-0.2, -0.15) is 11.8 Å². The minimum atomic E-state index is -0.596. The number of amides is 1. The van der Waals surface area contributed by atoms with Gasteiger partial charge in [0.15, 0.2) is 0 Å². The van der Waals surface area contributed by atoms with Crippen molar-refractivity contribution in [3.05, 3.63) is 0 Å². The number of nitrogens with one attached hydrogen (secondary N) is 1. The third-order valence-electron chi connectivity index (χ3n) is 2.22. The number of esters is 1. The second-order valence-corrected chi connectivity index (χ2v) is 4.95. The maximum absolute atomic E-state index is 11.3. The Kier molecular flexibility index (Phi) is 5.62. The van der Waals surface area contributed by atoms with Crippen LogP contribution in [0.25, 0.3) is 0 Å². The van der Waals surface area contributed by atoms with Crippen LogP contribution in [0.2, 0.25) is 0 Å². The Bertz CT molecular complexity index is 256. The largest absolute Gasteiger partial charge is 0.468 e. The molecule has 1 atom stereocenters. The van der Waals surface area contributed by atoms with E-state index in [9.17, 15) is 9.59 Å². The molecule has 1 amide bonds. The predicted molar refractivity (Wildman–Crippen MR) is 63.1 cm³/mol. The fraction of sp³-hybridized carbons (Fsp3) is 0.800. The van der Waals surface area contributed by atoms with E-state index >= 15 is 0 Å². The van der Waals surface area contributed by atoms with E-state index in [1.54, 1.807) is 0 Å². The van der Waals surface area contributed by atoms with Gasteiger partial charge in [-0.25, -0.2) is 0 Å². The van der Waals surface area contributed by atoms with Crippen molar-refractivity contribution in [2.24, 2.45) is 5.73 Å². The zero-order valence-electron chi connectivity index (χ0n) is 9.40. The van der Waals surface area contributed by atoms with Crippen LogP contribution in [0, 0.1) is 0 Å². The van der Waals surface area contributed by atoms with E-state index in [4.69, 9.17) is 5.73 Å². The van der Waals surface area contributed by atoms with Crippen LogP contribution in [0.5, 0.6) is 0 Å². The zero-order valence-corrected chi connectivity index (χ0v) is 10.2. The highest BCUT2D eigenvalue weighted by atomic mass is 32.2. The van der Waals surface area contributed by atoms with Gasteiger partial charge in [-0.05, 0) is 12.8 Å². The summed E-state index contributed by atoms with van der Waals surface area (Å²) in [6.45, 7) is 0. The fourth-order valence-electron chi connectivity index (χ4n) is 1.12. The highest BCUT2D eigenvalue weighted by Crippen LogP contribution is 2.18. The minimum absolute atomic E-state index is 0.0849. The standard InChI is InChI=1S/C10H18N2O3S/c1-15-10(14)8(11)6-16-5-4-9(13)12-7-2-3-7/h7-8H,2-6,11H2,1H3,(H,12,13). The fourth-order valence-corrected chi connectivity index (χ4v) is 2.01. The van der Waals surface area contributed by atoms with Crippen molar-refractivity contribution < 1.29 is 14.3 Å². The first-order chi connectivity index (χ1) is 7.63. The second kappa shape index (κ2) is 6.75. The Labute approximate surface area is 99.5 Å². The van der Waals surface area contributed by atoms with E-state index in [1.807, 2.05) is 0 Å². The molecule has 0 aromatic heterocycles. The number of carbonyl (C=O) groups is 2. The molecule has 3 N–H and O–H groups in total. The molecule has 16 heavy (non-hydrogen) atoms. The maximum atomic E-state index is 11.3. The van der Waals surface area contributed by atoms with Crippen molar-refractivity contribution >= 4 is 23.6 Å². The number of carbonyl (C=O) groups excluding carboxylic acids is 2. The van der Waals surface area contributed by atoms with Gasteiger partial charge in [-0.3, -0.25) is 9.59 Å². The molecule has 0 aromatic rings. The van der Waals surface area contributed by atoms with Crippen LogP contribution in [0.15, 0.2) is 0 Å². The molecule has 1 rings (SSSR count). The molecule has 0 heterocycles. The summed E-state index contributed by atoms with van der Waals surface area (Å²) in [6, 6.07) is -0.184. The molecule has 1 unspecified atom stereocenters. The molecule has 0 aromatic carbocycles. The summed E-state index contributed by atoms with van der Waals surface area (Å²) in [5, 5.41) is 2.90. The Morgan fingerprint density at radius 2 is 2.25 bits per heavy atom. The number of methoxy groups -OCH3 is 1. The molecule has 0 aliphatic heterocycles. The lowest BCUT2D eigenvalue weighted by molar-refractivity contribution is -0.141. The van der Waals surface area contributed by atoms with Crippen LogP contribution < -0.4 is 11.1 Å². The Morgan fingerprint density at radius 1 is 1.56 bits per heavy atom. The monoisotopic (exact) mass is 246 g/mol. The van der Waals surface area contributed by atoms with Gasteiger partial charge in [0, 0.05) is 24.0 Å². The lowest BCUT2D eigenvalue weighted by Crippen LogP contribution is -2.34. The summed E-state index contributed by atoms with van der Waals surface area (Å²) in [7, 11) is 1.32. The summed E-state index contributed by atoms with van der Waals surface area (Å²) < 4.78 is 4.49. The quantitative estimate of drug-likeness (QED) is 0.484. The van der Waals surface area contributed by atoms with E-state index < -0.39 is 12.0 Å². The number of hydrogen-bond acceptors (Lipinski definition) is 5. The number of nitrogens with two attached hydrogens (primary N) is 1.